The molecule has 1 radical (unpaired) electrons. The molecule has 1 aliphatic rings. The van der Waals surface area contributed by atoms with Crippen molar-refractivity contribution in [3.8, 4) is 0 Å². The summed E-state index contributed by atoms with van der Waals surface area (Å²) in [7, 11) is 0. The van der Waals surface area contributed by atoms with Gasteiger partial charge in [-0.25, -0.2) is 0 Å². The fraction of sp³-hybridized carbons (Fsp3) is 0.857. The predicted molar refractivity (Wildman–Crippen MR) is 38.0 cm³/mol. The van der Waals surface area contributed by atoms with Gasteiger partial charge in [0.25, 0.3) is 0 Å². The average molecular weight is 141 g/mol. The lowest BCUT2D eigenvalue weighted by atomic mass is 9.86. The van der Waals surface area contributed by atoms with E-state index in [1.807, 2.05) is 0 Å². The maximum atomic E-state index is 10.5. The first-order chi connectivity index (χ1) is 4.70. The van der Waals surface area contributed by atoms with Gasteiger partial charge < -0.3 is 5.73 Å². The van der Waals surface area contributed by atoms with E-state index in [2.05, 4.69) is 0 Å². The lowest BCUT2D eigenvalue weighted by Crippen LogP contribution is -2.30. The molecule has 1 aliphatic carbocycles. The number of carbonyl (C=O) groups excluding carboxylic acids is 1. The Morgan fingerprint density at radius 2 is 1.80 bits per heavy atom. The number of rotatable bonds is 1. The molecule has 3 N–H and O–H groups in total. The van der Waals surface area contributed by atoms with Crippen molar-refractivity contribution in [1.82, 2.24) is 5.73 Å². The van der Waals surface area contributed by atoms with E-state index in [0.717, 1.165) is 25.7 Å². The maximum Gasteiger partial charge on any atom is 0.241 e. The third-order valence-electron chi connectivity index (χ3n) is 2.14. The Morgan fingerprint density at radius 3 is 2.20 bits per heavy atom. The normalized spacial score (nSPS) is 33.7. The summed E-state index contributed by atoms with van der Waals surface area (Å²) in [6.45, 7) is 0. The summed E-state index contributed by atoms with van der Waals surface area (Å²) in [6.07, 6.45) is 3.47. The molecule has 3 heteroatoms. The van der Waals surface area contributed by atoms with Crippen LogP contribution >= 0.6 is 0 Å². The third-order valence-corrected chi connectivity index (χ3v) is 2.14. The highest BCUT2D eigenvalue weighted by Gasteiger charge is 2.22. The summed E-state index contributed by atoms with van der Waals surface area (Å²) < 4.78 is 0. The fourth-order valence-electron chi connectivity index (χ4n) is 1.38. The first-order valence-corrected chi connectivity index (χ1v) is 3.71. The minimum Gasteiger partial charge on any atom is -0.328 e. The lowest BCUT2D eigenvalue weighted by Gasteiger charge is -2.22. The van der Waals surface area contributed by atoms with Crippen LogP contribution in [0.25, 0.3) is 0 Å². The fourth-order valence-corrected chi connectivity index (χ4v) is 1.38. The van der Waals surface area contributed by atoms with Crippen LogP contribution in [0.4, 0.5) is 0 Å². The van der Waals surface area contributed by atoms with Gasteiger partial charge in [0.2, 0.25) is 5.91 Å². The number of carbonyl (C=O) groups is 1. The van der Waals surface area contributed by atoms with E-state index in [0.29, 0.717) is 0 Å². The van der Waals surface area contributed by atoms with E-state index in [9.17, 15) is 4.79 Å². The summed E-state index contributed by atoms with van der Waals surface area (Å²) >= 11 is 0. The molecular weight excluding hydrogens is 128 g/mol. The number of nitrogens with two attached hydrogens (primary N) is 1. The zero-order valence-electron chi connectivity index (χ0n) is 5.97. The Hall–Kier alpha value is -0.570. The Labute approximate surface area is 60.8 Å². The Bertz CT molecular complexity index is 128. The molecule has 0 unspecified atom stereocenters. The van der Waals surface area contributed by atoms with Gasteiger partial charge in [0.05, 0.1) is 0 Å². The first-order valence-electron chi connectivity index (χ1n) is 3.71. The molecule has 0 aromatic carbocycles. The van der Waals surface area contributed by atoms with Crippen LogP contribution in [-0.4, -0.2) is 11.9 Å². The molecule has 57 valence electrons. The largest absolute Gasteiger partial charge is 0.328 e. The predicted octanol–water partition coefficient (Wildman–Crippen LogP) is 0.313. The van der Waals surface area contributed by atoms with Crippen LogP contribution in [-0.2, 0) is 4.79 Å². The second-order valence-corrected chi connectivity index (χ2v) is 2.98. The molecule has 0 bridgehead atoms. The molecule has 1 amide bonds. The highest BCUT2D eigenvalue weighted by Crippen LogP contribution is 2.22. The molecule has 0 aromatic rings. The molecular formula is C7H13N2O. The van der Waals surface area contributed by atoms with Crippen LogP contribution in [0.5, 0.6) is 0 Å². The lowest BCUT2D eigenvalue weighted by molar-refractivity contribution is -0.123. The zero-order chi connectivity index (χ0) is 7.56. The van der Waals surface area contributed by atoms with Gasteiger partial charge in [0, 0.05) is 12.0 Å². The van der Waals surface area contributed by atoms with Crippen LogP contribution in [0.15, 0.2) is 0 Å². The van der Waals surface area contributed by atoms with E-state index in [1.165, 1.54) is 0 Å². The first kappa shape index (κ1) is 7.54. The molecule has 0 spiro atoms. The van der Waals surface area contributed by atoms with E-state index in [4.69, 9.17) is 11.5 Å². The SMILES string of the molecule is [NH]C(=O)C1CCC(N)CC1. The summed E-state index contributed by atoms with van der Waals surface area (Å²) in [4.78, 5) is 10.5. The van der Waals surface area contributed by atoms with E-state index in [-0.39, 0.29) is 12.0 Å². The minimum absolute atomic E-state index is 0.0141. The summed E-state index contributed by atoms with van der Waals surface area (Å²) in [5, 5.41) is 0. The van der Waals surface area contributed by atoms with Gasteiger partial charge in [-0.3, -0.25) is 10.5 Å². The number of amides is 1. The molecule has 0 atom stereocenters. The number of nitrogens with one attached hydrogen (secondary N) is 1. The van der Waals surface area contributed by atoms with Crippen LogP contribution < -0.4 is 11.5 Å². The monoisotopic (exact) mass is 141 g/mol. The summed E-state index contributed by atoms with van der Waals surface area (Å²) in [5.41, 5.74) is 12.5. The van der Waals surface area contributed by atoms with Gasteiger partial charge in [-0.15, -0.1) is 0 Å². The summed E-state index contributed by atoms with van der Waals surface area (Å²) in [5.74, 6) is -0.424. The molecule has 0 heterocycles. The number of hydrogen-bond acceptors (Lipinski definition) is 2. The molecule has 1 rings (SSSR count). The second kappa shape index (κ2) is 3.01. The van der Waals surface area contributed by atoms with E-state index in [1.54, 1.807) is 0 Å². The smallest absolute Gasteiger partial charge is 0.241 e. The van der Waals surface area contributed by atoms with Gasteiger partial charge in [-0.2, -0.15) is 0 Å². The Morgan fingerprint density at radius 1 is 1.30 bits per heavy atom. The van der Waals surface area contributed by atoms with Crippen molar-refractivity contribution < 1.29 is 4.79 Å². The zero-order valence-corrected chi connectivity index (χ0v) is 5.97. The van der Waals surface area contributed by atoms with E-state index >= 15 is 0 Å². The van der Waals surface area contributed by atoms with Crippen molar-refractivity contribution in [3.63, 3.8) is 0 Å². The second-order valence-electron chi connectivity index (χ2n) is 2.98. The van der Waals surface area contributed by atoms with Gasteiger partial charge in [-0.1, -0.05) is 0 Å². The van der Waals surface area contributed by atoms with Gasteiger partial charge >= 0.3 is 0 Å². The Balaban J connectivity index is 2.33. The quantitative estimate of drug-likeness (QED) is 0.571. The van der Waals surface area contributed by atoms with E-state index < -0.39 is 5.91 Å². The van der Waals surface area contributed by atoms with Crippen molar-refractivity contribution in [2.45, 2.75) is 31.7 Å². The third kappa shape index (κ3) is 1.70. The summed E-state index contributed by atoms with van der Waals surface area (Å²) in [6, 6.07) is 0.274. The molecule has 10 heavy (non-hydrogen) atoms. The number of hydrogen-bond donors (Lipinski definition) is 1. The molecule has 0 saturated heterocycles. The van der Waals surface area contributed by atoms with Crippen LogP contribution in [0, 0.1) is 5.92 Å². The standard InChI is InChI=1S/C7H13N2O/c8-6-3-1-5(2-4-6)7(9)10/h5-6,9H,1-4,8H2. The topological polar surface area (TPSA) is 66.9 Å². The van der Waals surface area contributed by atoms with Gasteiger partial charge in [0.15, 0.2) is 0 Å². The minimum atomic E-state index is -0.410. The molecule has 1 saturated carbocycles. The van der Waals surface area contributed by atoms with Crippen LogP contribution in [0.1, 0.15) is 25.7 Å². The average Bonchev–Trinajstić information content (AvgIpc) is 1.88. The highest BCUT2D eigenvalue weighted by atomic mass is 16.1. The van der Waals surface area contributed by atoms with Gasteiger partial charge in [0.1, 0.15) is 0 Å². The van der Waals surface area contributed by atoms with Crippen molar-refractivity contribution >= 4 is 5.91 Å². The van der Waals surface area contributed by atoms with Crippen molar-refractivity contribution in [2.24, 2.45) is 11.7 Å². The van der Waals surface area contributed by atoms with Crippen molar-refractivity contribution in [1.29, 1.82) is 0 Å². The highest BCUT2D eigenvalue weighted by molar-refractivity contribution is 5.75. The maximum absolute atomic E-state index is 10.5. The van der Waals surface area contributed by atoms with Crippen LogP contribution in [0.2, 0.25) is 0 Å². The molecule has 0 aliphatic heterocycles. The Kier molecular flexibility index (Phi) is 2.27. The van der Waals surface area contributed by atoms with Crippen molar-refractivity contribution in [3.05, 3.63) is 0 Å². The van der Waals surface area contributed by atoms with Crippen LogP contribution in [0.3, 0.4) is 0 Å². The molecule has 1 fully saturated rings. The van der Waals surface area contributed by atoms with Crippen molar-refractivity contribution in [2.75, 3.05) is 0 Å². The molecule has 3 nitrogen and oxygen atoms in total. The molecule has 0 aromatic heterocycles. The van der Waals surface area contributed by atoms with Gasteiger partial charge in [-0.05, 0) is 25.7 Å².